The molecular formula is C21H16F2O5. The Hall–Kier alpha value is -3.48. The van der Waals surface area contributed by atoms with E-state index in [1.54, 1.807) is 12.1 Å². The number of carbonyl (C=O) groups excluding carboxylic acids is 2. The molecular weight excluding hydrogens is 370 g/mol. The van der Waals surface area contributed by atoms with Gasteiger partial charge in [0.2, 0.25) is 5.82 Å². The number of carbonyl (C=O) groups is 2. The molecule has 0 unspecified atom stereocenters. The summed E-state index contributed by atoms with van der Waals surface area (Å²) < 4.78 is 44.5. The molecule has 0 atom stereocenters. The first kappa shape index (κ1) is 19.3. The van der Waals surface area contributed by atoms with Crippen LogP contribution in [0.3, 0.4) is 0 Å². The van der Waals surface area contributed by atoms with Gasteiger partial charge in [0.05, 0.1) is 6.61 Å². The molecule has 1 aromatic heterocycles. The van der Waals surface area contributed by atoms with E-state index in [0.29, 0.717) is 29.2 Å². The van der Waals surface area contributed by atoms with Crippen molar-refractivity contribution in [1.82, 2.24) is 0 Å². The van der Waals surface area contributed by atoms with Gasteiger partial charge in [-0.15, -0.1) is 0 Å². The van der Waals surface area contributed by atoms with E-state index in [4.69, 9.17) is 13.9 Å². The fraction of sp³-hybridized carbons (Fsp3) is 0.143. The molecule has 0 radical (unpaired) electrons. The highest BCUT2D eigenvalue weighted by atomic mass is 19.1. The van der Waals surface area contributed by atoms with Gasteiger partial charge in [0.1, 0.15) is 0 Å². The van der Waals surface area contributed by atoms with Crippen molar-refractivity contribution >= 4 is 33.9 Å². The molecule has 0 aliphatic heterocycles. The molecule has 5 nitrogen and oxygen atoms in total. The first-order chi connectivity index (χ1) is 13.5. The molecule has 0 amide bonds. The lowest BCUT2D eigenvalue weighted by Gasteiger charge is -2.04. The van der Waals surface area contributed by atoms with E-state index in [1.807, 2.05) is 0 Å². The number of halogens is 2. The van der Waals surface area contributed by atoms with Crippen LogP contribution in [0, 0.1) is 11.6 Å². The van der Waals surface area contributed by atoms with Crippen molar-refractivity contribution in [3.8, 4) is 5.75 Å². The van der Waals surface area contributed by atoms with E-state index in [1.165, 1.54) is 12.1 Å². The van der Waals surface area contributed by atoms with Crippen LogP contribution in [0.2, 0.25) is 0 Å². The van der Waals surface area contributed by atoms with E-state index >= 15 is 0 Å². The Morgan fingerprint density at radius 2 is 1.61 bits per heavy atom. The first-order valence-electron chi connectivity index (χ1n) is 8.41. The van der Waals surface area contributed by atoms with Crippen LogP contribution < -0.4 is 4.74 Å². The normalized spacial score (nSPS) is 10.8. The van der Waals surface area contributed by atoms with Crippen molar-refractivity contribution in [2.75, 3.05) is 6.61 Å². The van der Waals surface area contributed by atoms with Crippen LogP contribution in [0.5, 0.6) is 5.75 Å². The molecule has 0 bridgehead atoms. The number of rotatable bonds is 7. The zero-order valence-corrected chi connectivity index (χ0v) is 14.8. The number of hydrogen-bond donors (Lipinski definition) is 0. The van der Waals surface area contributed by atoms with Gasteiger partial charge in [0.15, 0.2) is 22.7 Å². The van der Waals surface area contributed by atoms with Gasteiger partial charge in [0.25, 0.3) is 0 Å². The average Bonchev–Trinajstić information content (AvgIpc) is 3.08. The van der Waals surface area contributed by atoms with Gasteiger partial charge in [-0.3, -0.25) is 0 Å². The van der Waals surface area contributed by atoms with Crippen LogP contribution in [0.4, 0.5) is 8.78 Å². The van der Waals surface area contributed by atoms with Crippen LogP contribution in [0.15, 0.2) is 54.0 Å². The summed E-state index contributed by atoms with van der Waals surface area (Å²) >= 11 is 0. The second kappa shape index (κ2) is 8.04. The summed E-state index contributed by atoms with van der Waals surface area (Å²) in [5.41, 5.74) is 0.0435. The molecule has 0 fully saturated rings. The minimum absolute atomic E-state index is 0.0957. The maximum absolute atomic E-state index is 14.8. The number of aryl methyl sites for hydroxylation is 1. The van der Waals surface area contributed by atoms with Crippen molar-refractivity contribution in [1.29, 1.82) is 0 Å². The van der Waals surface area contributed by atoms with Crippen LogP contribution in [-0.2, 0) is 20.7 Å². The number of benzene rings is 2. The van der Waals surface area contributed by atoms with E-state index in [9.17, 15) is 18.4 Å². The largest absolute Gasteiger partial charge is 0.463 e. The molecule has 1 heterocycles. The molecule has 144 valence electrons. The third-order valence-corrected chi connectivity index (χ3v) is 4.11. The van der Waals surface area contributed by atoms with Crippen molar-refractivity contribution in [2.45, 2.75) is 12.8 Å². The highest BCUT2D eigenvalue weighted by Gasteiger charge is 2.20. The fourth-order valence-electron chi connectivity index (χ4n) is 2.78. The minimum atomic E-state index is -0.902. The number of furan rings is 1. The summed E-state index contributed by atoms with van der Waals surface area (Å²) in [7, 11) is 0. The number of ether oxygens (including phenoxy) is 2. The van der Waals surface area contributed by atoms with Gasteiger partial charge in [-0.05, 0) is 36.6 Å². The van der Waals surface area contributed by atoms with Gasteiger partial charge >= 0.3 is 11.9 Å². The molecule has 0 aliphatic carbocycles. The minimum Gasteiger partial charge on any atom is -0.463 e. The zero-order chi connectivity index (χ0) is 20.3. The molecule has 7 heteroatoms. The molecule has 0 saturated carbocycles. The standard InChI is InChI=1S/C21H16F2O5/c1-3-16(24)26-11-5-6-12-7-8-13-14-9-10-15(27-17(25)4-2)19(23)21(14)28-20(13)18(12)22/h3-4,7-10H,1-2,5-6,11H2. The monoisotopic (exact) mass is 386 g/mol. The molecule has 28 heavy (non-hydrogen) atoms. The highest BCUT2D eigenvalue weighted by Crippen LogP contribution is 2.36. The molecule has 3 rings (SSSR count). The third-order valence-electron chi connectivity index (χ3n) is 4.11. The van der Waals surface area contributed by atoms with Gasteiger partial charge in [-0.1, -0.05) is 19.2 Å². The van der Waals surface area contributed by atoms with E-state index in [0.717, 1.165) is 12.2 Å². The van der Waals surface area contributed by atoms with Gasteiger partial charge < -0.3 is 13.9 Å². The van der Waals surface area contributed by atoms with E-state index in [-0.39, 0.29) is 23.5 Å². The maximum atomic E-state index is 14.8. The summed E-state index contributed by atoms with van der Waals surface area (Å²) in [6.45, 7) is 6.66. The Balaban J connectivity index is 1.91. The van der Waals surface area contributed by atoms with Crippen molar-refractivity contribution < 1.29 is 32.3 Å². The molecule has 2 aromatic carbocycles. The Morgan fingerprint density at radius 3 is 2.29 bits per heavy atom. The van der Waals surface area contributed by atoms with Crippen LogP contribution in [-0.4, -0.2) is 18.5 Å². The Kier molecular flexibility index (Phi) is 5.54. The average molecular weight is 386 g/mol. The van der Waals surface area contributed by atoms with Crippen LogP contribution >= 0.6 is 0 Å². The van der Waals surface area contributed by atoms with Crippen molar-refractivity contribution in [3.63, 3.8) is 0 Å². The number of fused-ring (bicyclic) bond motifs is 3. The van der Waals surface area contributed by atoms with Gasteiger partial charge in [0, 0.05) is 22.9 Å². The quantitative estimate of drug-likeness (QED) is 0.257. The van der Waals surface area contributed by atoms with Crippen LogP contribution in [0.25, 0.3) is 21.9 Å². The Bertz CT molecular complexity index is 1100. The Labute approximate surface area is 158 Å². The van der Waals surface area contributed by atoms with Crippen molar-refractivity contribution in [2.24, 2.45) is 0 Å². The summed E-state index contributed by atoms with van der Waals surface area (Å²) in [6.07, 6.45) is 2.66. The lowest BCUT2D eigenvalue weighted by Crippen LogP contribution is -2.04. The molecule has 0 saturated heterocycles. The third kappa shape index (κ3) is 3.64. The predicted octanol–water partition coefficient (Wildman–Crippen LogP) is 4.62. The lowest BCUT2D eigenvalue weighted by atomic mass is 10.1. The molecule has 3 aromatic rings. The Morgan fingerprint density at radius 1 is 0.964 bits per heavy atom. The number of esters is 2. The molecule has 0 spiro atoms. The lowest BCUT2D eigenvalue weighted by molar-refractivity contribution is -0.137. The summed E-state index contributed by atoms with van der Waals surface area (Å²) in [5, 5.41) is 0.756. The molecule has 0 aliphatic rings. The predicted molar refractivity (Wildman–Crippen MR) is 98.9 cm³/mol. The zero-order valence-electron chi connectivity index (χ0n) is 14.8. The number of hydrogen-bond acceptors (Lipinski definition) is 5. The second-order valence-corrected chi connectivity index (χ2v) is 5.87. The summed E-state index contributed by atoms with van der Waals surface area (Å²) in [6, 6.07) is 5.97. The molecule has 0 N–H and O–H groups in total. The van der Waals surface area contributed by atoms with Crippen molar-refractivity contribution in [3.05, 3.63) is 66.8 Å². The first-order valence-corrected chi connectivity index (χ1v) is 8.41. The topological polar surface area (TPSA) is 65.7 Å². The SMILES string of the molecule is C=CC(=O)OCCCc1ccc2c(oc3c(F)c(OC(=O)C=C)ccc32)c1F. The van der Waals surface area contributed by atoms with Crippen LogP contribution in [0.1, 0.15) is 12.0 Å². The smallest absolute Gasteiger partial charge is 0.335 e. The highest BCUT2D eigenvalue weighted by molar-refractivity contribution is 6.06. The fourth-order valence-corrected chi connectivity index (χ4v) is 2.78. The summed E-state index contributed by atoms with van der Waals surface area (Å²) in [5.74, 6) is -3.22. The maximum Gasteiger partial charge on any atom is 0.335 e. The summed E-state index contributed by atoms with van der Waals surface area (Å²) in [4.78, 5) is 22.3. The van der Waals surface area contributed by atoms with Gasteiger partial charge in [-0.25, -0.2) is 14.0 Å². The second-order valence-electron chi connectivity index (χ2n) is 5.87. The van der Waals surface area contributed by atoms with Gasteiger partial charge in [-0.2, -0.15) is 4.39 Å². The van der Waals surface area contributed by atoms with E-state index < -0.39 is 23.6 Å². The van der Waals surface area contributed by atoms with E-state index in [2.05, 4.69) is 13.2 Å².